The normalized spacial score (nSPS) is 10.5. The van der Waals surface area contributed by atoms with Gasteiger partial charge in [-0.15, -0.1) is 0 Å². The van der Waals surface area contributed by atoms with Gasteiger partial charge in [0.2, 0.25) is 0 Å². The van der Waals surface area contributed by atoms with Gasteiger partial charge in [0.25, 0.3) is 5.91 Å². The van der Waals surface area contributed by atoms with Gasteiger partial charge in [0.1, 0.15) is 23.8 Å². The lowest BCUT2D eigenvalue weighted by Crippen LogP contribution is -2.29. The highest BCUT2D eigenvalue weighted by molar-refractivity contribution is 6.02. The van der Waals surface area contributed by atoms with E-state index < -0.39 is 0 Å². The summed E-state index contributed by atoms with van der Waals surface area (Å²) in [6.07, 6.45) is 1.54. The molecule has 1 heterocycles. The molecule has 0 aliphatic heterocycles. The van der Waals surface area contributed by atoms with E-state index in [4.69, 9.17) is 9.47 Å². The molecule has 2 N–H and O–H groups in total. The fourth-order valence-electron chi connectivity index (χ4n) is 2.96. The standard InChI is InChI=1S/C20H26N2O4/c1-5-7-17-18(14(3)23)13(2)22-19(17)20(24)21-10-11-26-16-9-6-8-15(12-16)25-4/h6,8-9,12,22H,5,7,10-11H2,1-4H3,(H,21,24). The van der Waals surface area contributed by atoms with Crippen LogP contribution in [0.4, 0.5) is 0 Å². The Morgan fingerprint density at radius 1 is 1.23 bits per heavy atom. The second kappa shape index (κ2) is 9.08. The average molecular weight is 358 g/mol. The van der Waals surface area contributed by atoms with E-state index in [9.17, 15) is 9.59 Å². The van der Waals surface area contributed by atoms with Crippen molar-refractivity contribution in [3.8, 4) is 11.5 Å². The van der Waals surface area contributed by atoms with E-state index in [0.29, 0.717) is 36.6 Å². The molecule has 2 aromatic rings. The number of ether oxygens (including phenoxy) is 2. The first-order valence-corrected chi connectivity index (χ1v) is 8.75. The van der Waals surface area contributed by atoms with Crippen molar-refractivity contribution in [2.24, 2.45) is 0 Å². The molecule has 0 atom stereocenters. The van der Waals surface area contributed by atoms with E-state index in [1.165, 1.54) is 6.92 Å². The average Bonchev–Trinajstić information content (AvgIpc) is 2.95. The van der Waals surface area contributed by atoms with Crippen LogP contribution in [0.2, 0.25) is 0 Å². The number of amides is 1. The fourth-order valence-corrected chi connectivity index (χ4v) is 2.96. The third-order valence-corrected chi connectivity index (χ3v) is 4.07. The summed E-state index contributed by atoms with van der Waals surface area (Å²) < 4.78 is 10.8. The van der Waals surface area contributed by atoms with Gasteiger partial charge < -0.3 is 19.8 Å². The number of aromatic nitrogens is 1. The molecular formula is C20H26N2O4. The number of rotatable bonds is 9. The van der Waals surface area contributed by atoms with Crippen LogP contribution in [-0.4, -0.2) is 36.9 Å². The van der Waals surface area contributed by atoms with Crippen molar-refractivity contribution in [3.63, 3.8) is 0 Å². The number of hydrogen-bond acceptors (Lipinski definition) is 4. The molecule has 6 heteroatoms. The van der Waals surface area contributed by atoms with Crippen molar-refractivity contribution < 1.29 is 19.1 Å². The van der Waals surface area contributed by atoms with Gasteiger partial charge in [-0.05, 0) is 38.0 Å². The number of benzene rings is 1. The molecule has 26 heavy (non-hydrogen) atoms. The molecule has 0 fully saturated rings. The number of aryl methyl sites for hydroxylation is 1. The zero-order valence-corrected chi connectivity index (χ0v) is 15.8. The number of methoxy groups -OCH3 is 1. The lowest BCUT2D eigenvalue weighted by molar-refractivity contribution is 0.0941. The molecular weight excluding hydrogens is 332 g/mol. The first-order valence-electron chi connectivity index (χ1n) is 8.75. The fraction of sp³-hybridized carbons (Fsp3) is 0.400. The summed E-state index contributed by atoms with van der Waals surface area (Å²) in [5, 5.41) is 2.84. The lowest BCUT2D eigenvalue weighted by Gasteiger charge is -2.09. The molecule has 0 saturated carbocycles. The Morgan fingerprint density at radius 3 is 2.62 bits per heavy atom. The number of H-pyrrole nitrogens is 1. The zero-order chi connectivity index (χ0) is 19.1. The summed E-state index contributed by atoms with van der Waals surface area (Å²) in [5.74, 6) is 1.15. The van der Waals surface area contributed by atoms with Crippen molar-refractivity contribution >= 4 is 11.7 Å². The number of carbonyl (C=O) groups excluding carboxylic acids is 2. The van der Waals surface area contributed by atoms with E-state index in [2.05, 4.69) is 10.3 Å². The SMILES string of the molecule is CCCc1c(C(=O)NCCOc2cccc(OC)c2)[nH]c(C)c1C(C)=O. The maximum atomic E-state index is 12.5. The monoisotopic (exact) mass is 358 g/mol. The minimum absolute atomic E-state index is 0.0254. The minimum Gasteiger partial charge on any atom is -0.497 e. The Labute approximate surface area is 153 Å². The summed E-state index contributed by atoms with van der Waals surface area (Å²) in [7, 11) is 1.60. The van der Waals surface area contributed by atoms with Crippen LogP contribution in [0.15, 0.2) is 24.3 Å². The molecule has 0 radical (unpaired) electrons. The molecule has 0 unspecified atom stereocenters. The molecule has 0 bridgehead atoms. The van der Waals surface area contributed by atoms with Crippen LogP contribution in [0.1, 0.15) is 52.4 Å². The summed E-state index contributed by atoms with van der Waals surface area (Å²) >= 11 is 0. The third-order valence-electron chi connectivity index (χ3n) is 4.07. The molecule has 0 aliphatic carbocycles. The van der Waals surface area contributed by atoms with Gasteiger partial charge in [0.05, 0.1) is 13.7 Å². The summed E-state index contributed by atoms with van der Waals surface area (Å²) in [6, 6.07) is 7.30. The van der Waals surface area contributed by atoms with E-state index >= 15 is 0 Å². The number of nitrogens with one attached hydrogen (secondary N) is 2. The van der Waals surface area contributed by atoms with Gasteiger partial charge in [-0.1, -0.05) is 19.4 Å². The molecule has 0 aliphatic rings. The third kappa shape index (κ3) is 4.65. The molecule has 2 rings (SSSR count). The Balaban J connectivity index is 1.97. The topological polar surface area (TPSA) is 80.4 Å². The Kier molecular flexibility index (Phi) is 6.83. The van der Waals surface area contributed by atoms with Crippen LogP contribution in [0, 0.1) is 6.92 Å². The van der Waals surface area contributed by atoms with E-state index in [0.717, 1.165) is 23.4 Å². The van der Waals surface area contributed by atoms with E-state index in [-0.39, 0.29) is 11.7 Å². The van der Waals surface area contributed by atoms with Crippen molar-refractivity contribution in [1.82, 2.24) is 10.3 Å². The maximum absolute atomic E-state index is 12.5. The number of carbonyl (C=O) groups is 2. The van der Waals surface area contributed by atoms with Gasteiger partial charge in [0, 0.05) is 17.3 Å². The van der Waals surface area contributed by atoms with E-state index in [1.54, 1.807) is 13.2 Å². The van der Waals surface area contributed by atoms with Crippen molar-refractivity contribution in [3.05, 3.63) is 46.8 Å². The quantitative estimate of drug-likeness (QED) is 0.532. The first kappa shape index (κ1) is 19.6. The van der Waals surface area contributed by atoms with Gasteiger partial charge >= 0.3 is 0 Å². The van der Waals surface area contributed by atoms with Gasteiger partial charge in [-0.2, -0.15) is 0 Å². The van der Waals surface area contributed by atoms with Crippen LogP contribution in [0.25, 0.3) is 0 Å². The van der Waals surface area contributed by atoms with Crippen LogP contribution >= 0.6 is 0 Å². The maximum Gasteiger partial charge on any atom is 0.268 e. The molecule has 0 saturated heterocycles. The molecule has 1 amide bonds. The Morgan fingerprint density at radius 2 is 1.96 bits per heavy atom. The summed E-state index contributed by atoms with van der Waals surface area (Å²) in [5.41, 5.74) is 2.63. The number of hydrogen-bond donors (Lipinski definition) is 2. The highest BCUT2D eigenvalue weighted by Gasteiger charge is 2.21. The minimum atomic E-state index is -0.224. The summed E-state index contributed by atoms with van der Waals surface area (Å²) in [6.45, 7) is 6.06. The predicted octanol–water partition coefficient (Wildman–Crippen LogP) is 3.30. The van der Waals surface area contributed by atoms with Crippen LogP contribution in [0.5, 0.6) is 11.5 Å². The Hall–Kier alpha value is -2.76. The second-order valence-corrected chi connectivity index (χ2v) is 6.07. The molecule has 1 aromatic heterocycles. The first-order chi connectivity index (χ1) is 12.5. The number of ketones is 1. The van der Waals surface area contributed by atoms with Crippen LogP contribution in [0.3, 0.4) is 0 Å². The Bertz CT molecular complexity index is 780. The zero-order valence-electron chi connectivity index (χ0n) is 15.8. The highest BCUT2D eigenvalue weighted by atomic mass is 16.5. The van der Waals surface area contributed by atoms with Gasteiger partial charge in [-0.25, -0.2) is 0 Å². The second-order valence-electron chi connectivity index (χ2n) is 6.07. The molecule has 0 spiro atoms. The van der Waals surface area contributed by atoms with E-state index in [1.807, 2.05) is 32.0 Å². The van der Waals surface area contributed by atoms with Gasteiger partial charge in [0.15, 0.2) is 5.78 Å². The predicted molar refractivity (Wildman–Crippen MR) is 100 cm³/mol. The smallest absolute Gasteiger partial charge is 0.268 e. The van der Waals surface area contributed by atoms with Crippen LogP contribution in [-0.2, 0) is 6.42 Å². The van der Waals surface area contributed by atoms with Crippen molar-refractivity contribution in [2.45, 2.75) is 33.6 Å². The summed E-state index contributed by atoms with van der Waals surface area (Å²) in [4.78, 5) is 27.5. The molecule has 140 valence electrons. The largest absolute Gasteiger partial charge is 0.497 e. The highest BCUT2D eigenvalue weighted by Crippen LogP contribution is 2.21. The van der Waals surface area contributed by atoms with Gasteiger partial charge in [-0.3, -0.25) is 9.59 Å². The lowest BCUT2D eigenvalue weighted by atomic mass is 10.0. The van der Waals surface area contributed by atoms with Crippen molar-refractivity contribution in [1.29, 1.82) is 0 Å². The molecule has 1 aromatic carbocycles. The van der Waals surface area contributed by atoms with Crippen molar-refractivity contribution in [2.75, 3.05) is 20.3 Å². The van der Waals surface area contributed by atoms with Crippen LogP contribution < -0.4 is 14.8 Å². The molecule has 6 nitrogen and oxygen atoms in total. The number of Topliss-reactive ketones (excluding diaryl/α,β-unsaturated/α-hetero) is 1. The number of aromatic amines is 1.